The minimum Gasteiger partial charge on any atom is -0.495 e. The molecule has 3 aromatic carbocycles. The fourth-order valence-corrected chi connectivity index (χ4v) is 3.70. The summed E-state index contributed by atoms with van der Waals surface area (Å²) < 4.78 is 5.21. The SMILES string of the molecule is COc1cccc(C(=O)N(C)c2ccc(C)cc2N2C(=O)c3ccccc3C2=O)c1N. The molecule has 0 fully saturated rings. The van der Waals surface area contributed by atoms with E-state index in [0.29, 0.717) is 28.3 Å². The molecule has 7 heteroatoms. The second kappa shape index (κ2) is 7.60. The summed E-state index contributed by atoms with van der Waals surface area (Å²) in [5.41, 5.74) is 8.85. The fraction of sp³-hybridized carbons (Fsp3) is 0.125. The van der Waals surface area contributed by atoms with Crippen molar-refractivity contribution < 1.29 is 19.1 Å². The number of amides is 3. The molecule has 0 spiro atoms. The number of nitrogens with zero attached hydrogens (tertiary/aromatic N) is 2. The van der Waals surface area contributed by atoms with Crippen LogP contribution < -0.4 is 20.3 Å². The van der Waals surface area contributed by atoms with Gasteiger partial charge in [-0.25, -0.2) is 4.90 Å². The molecule has 7 nitrogen and oxygen atoms in total. The van der Waals surface area contributed by atoms with E-state index in [4.69, 9.17) is 10.5 Å². The van der Waals surface area contributed by atoms with Crippen molar-refractivity contribution in [1.82, 2.24) is 0 Å². The summed E-state index contributed by atoms with van der Waals surface area (Å²) in [5, 5.41) is 0. The number of rotatable bonds is 4. The van der Waals surface area contributed by atoms with Crippen LogP contribution >= 0.6 is 0 Å². The maximum atomic E-state index is 13.3. The van der Waals surface area contributed by atoms with Crippen LogP contribution in [-0.4, -0.2) is 31.9 Å². The first-order valence-electron chi connectivity index (χ1n) is 9.64. The second-order valence-electron chi connectivity index (χ2n) is 7.27. The predicted molar refractivity (Wildman–Crippen MR) is 119 cm³/mol. The average molecular weight is 415 g/mol. The number of ether oxygens (including phenoxy) is 1. The molecule has 0 aliphatic carbocycles. The van der Waals surface area contributed by atoms with Gasteiger partial charge in [0.2, 0.25) is 0 Å². The molecule has 0 aromatic heterocycles. The van der Waals surface area contributed by atoms with E-state index in [9.17, 15) is 14.4 Å². The van der Waals surface area contributed by atoms with E-state index in [1.54, 1.807) is 61.6 Å². The van der Waals surface area contributed by atoms with Crippen molar-refractivity contribution in [2.24, 2.45) is 0 Å². The summed E-state index contributed by atoms with van der Waals surface area (Å²) in [4.78, 5) is 41.8. The summed E-state index contributed by atoms with van der Waals surface area (Å²) in [6.45, 7) is 1.85. The third kappa shape index (κ3) is 3.20. The summed E-state index contributed by atoms with van der Waals surface area (Å²) in [5.74, 6) is -0.842. The Hall–Kier alpha value is -4.13. The smallest absolute Gasteiger partial charge is 0.266 e. The van der Waals surface area contributed by atoms with E-state index in [0.717, 1.165) is 10.5 Å². The maximum absolute atomic E-state index is 13.3. The Morgan fingerprint density at radius 3 is 2.23 bits per heavy atom. The third-order valence-electron chi connectivity index (χ3n) is 5.35. The number of hydrogen-bond acceptors (Lipinski definition) is 5. The molecule has 1 heterocycles. The van der Waals surface area contributed by atoms with Gasteiger partial charge in [0.1, 0.15) is 5.75 Å². The van der Waals surface area contributed by atoms with Gasteiger partial charge in [0, 0.05) is 7.05 Å². The zero-order valence-electron chi connectivity index (χ0n) is 17.4. The summed E-state index contributed by atoms with van der Waals surface area (Å²) in [6, 6.07) is 16.9. The number of imide groups is 1. The van der Waals surface area contributed by atoms with Crippen LogP contribution in [0.2, 0.25) is 0 Å². The quantitative estimate of drug-likeness (QED) is 0.519. The predicted octanol–water partition coefficient (Wildman–Crippen LogP) is 3.66. The second-order valence-corrected chi connectivity index (χ2v) is 7.27. The number of nitrogens with two attached hydrogens (primary N) is 1. The van der Waals surface area contributed by atoms with E-state index >= 15 is 0 Å². The third-order valence-corrected chi connectivity index (χ3v) is 5.35. The summed E-state index contributed by atoms with van der Waals surface area (Å²) in [7, 11) is 3.05. The van der Waals surface area contributed by atoms with Gasteiger partial charge in [0.05, 0.1) is 40.9 Å². The van der Waals surface area contributed by atoms with Crippen LogP contribution in [0, 0.1) is 6.92 Å². The van der Waals surface area contributed by atoms with Gasteiger partial charge in [0.25, 0.3) is 17.7 Å². The molecule has 0 saturated heterocycles. The van der Waals surface area contributed by atoms with Crippen molar-refractivity contribution in [3.8, 4) is 5.75 Å². The highest BCUT2D eigenvalue weighted by Gasteiger charge is 2.38. The molecule has 0 unspecified atom stereocenters. The number of anilines is 3. The molecule has 3 amide bonds. The van der Waals surface area contributed by atoms with Crippen LogP contribution in [-0.2, 0) is 0 Å². The Labute approximate surface area is 179 Å². The number of carbonyl (C=O) groups is 3. The first-order chi connectivity index (χ1) is 14.8. The minimum atomic E-state index is -0.422. The molecule has 0 radical (unpaired) electrons. The molecule has 0 atom stereocenters. The monoisotopic (exact) mass is 415 g/mol. The molecular weight excluding hydrogens is 394 g/mol. The topological polar surface area (TPSA) is 92.9 Å². The number of carbonyl (C=O) groups excluding carboxylic acids is 3. The molecule has 3 aromatic rings. The zero-order valence-corrected chi connectivity index (χ0v) is 17.4. The molecule has 2 N–H and O–H groups in total. The van der Waals surface area contributed by atoms with E-state index in [1.807, 2.05) is 13.0 Å². The average Bonchev–Trinajstić information content (AvgIpc) is 3.03. The van der Waals surface area contributed by atoms with Crippen molar-refractivity contribution in [3.63, 3.8) is 0 Å². The molecule has 0 bridgehead atoms. The van der Waals surface area contributed by atoms with Crippen LogP contribution in [0.1, 0.15) is 36.6 Å². The van der Waals surface area contributed by atoms with Gasteiger partial charge in [-0.05, 0) is 48.9 Å². The van der Waals surface area contributed by atoms with Crippen LogP contribution in [0.4, 0.5) is 17.1 Å². The van der Waals surface area contributed by atoms with E-state index in [1.165, 1.54) is 12.0 Å². The molecule has 156 valence electrons. The van der Waals surface area contributed by atoms with Gasteiger partial charge in [-0.2, -0.15) is 0 Å². The fourth-order valence-electron chi connectivity index (χ4n) is 3.70. The van der Waals surface area contributed by atoms with Gasteiger partial charge >= 0.3 is 0 Å². The Morgan fingerprint density at radius 2 is 1.61 bits per heavy atom. The van der Waals surface area contributed by atoms with Crippen molar-refractivity contribution in [1.29, 1.82) is 0 Å². The first kappa shape index (κ1) is 20.2. The molecule has 4 rings (SSSR count). The summed E-state index contributed by atoms with van der Waals surface area (Å²) in [6.07, 6.45) is 0. The van der Waals surface area contributed by atoms with Gasteiger partial charge < -0.3 is 15.4 Å². The van der Waals surface area contributed by atoms with E-state index in [-0.39, 0.29) is 11.3 Å². The Kier molecular flexibility index (Phi) is 4.94. The number of benzene rings is 3. The van der Waals surface area contributed by atoms with Crippen LogP contribution in [0.5, 0.6) is 5.75 Å². The molecular formula is C24H21N3O4. The number of aryl methyl sites for hydroxylation is 1. The number of para-hydroxylation sites is 1. The molecule has 0 saturated carbocycles. The Bertz CT molecular complexity index is 1200. The van der Waals surface area contributed by atoms with Crippen LogP contribution in [0.15, 0.2) is 60.7 Å². The van der Waals surface area contributed by atoms with Gasteiger partial charge in [0.15, 0.2) is 0 Å². The molecule has 31 heavy (non-hydrogen) atoms. The number of fused-ring (bicyclic) bond motifs is 1. The lowest BCUT2D eigenvalue weighted by molar-refractivity contribution is 0.0922. The van der Waals surface area contributed by atoms with Gasteiger partial charge in [-0.1, -0.05) is 24.3 Å². The van der Waals surface area contributed by atoms with Gasteiger partial charge in [-0.15, -0.1) is 0 Å². The standard InChI is InChI=1S/C24H21N3O4/c1-14-11-12-18(26(2)22(28)17-9-6-10-20(31-3)21(17)25)19(13-14)27-23(29)15-7-4-5-8-16(15)24(27)30/h4-13H,25H2,1-3H3. The zero-order chi connectivity index (χ0) is 22.3. The largest absolute Gasteiger partial charge is 0.495 e. The highest BCUT2D eigenvalue weighted by atomic mass is 16.5. The minimum absolute atomic E-state index is 0.219. The normalized spacial score (nSPS) is 12.7. The van der Waals surface area contributed by atoms with Crippen molar-refractivity contribution in [3.05, 3.63) is 82.9 Å². The number of nitrogen functional groups attached to an aromatic ring is 1. The lowest BCUT2D eigenvalue weighted by atomic mass is 10.1. The first-order valence-corrected chi connectivity index (χ1v) is 9.64. The Morgan fingerprint density at radius 1 is 0.968 bits per heavy atom. The number of hydrogen-bond donors (Lipinski definition) is 1. The van der Waals surface area contributed by atoms with Crippen molar-refractivity contribution in [2.45, 2.75) is 6.92 Å². The lowest BCUT2D eigenvalue weighted by Gasteiger charge is -2.25. The van der Waals surface area contributed by atoms with Crippen LogP contribution in [0.3, 0.4) is 0 Å². The highest BCUT2D eigenvalue weighted by Crippen LogP contribution is 2.37. The van der Waals surface area contributed by atoms with Crippen LogP contribution in [0.25, 0.3) is 0 Å². The molecule has 1 aliphatic rings. The Balaban J connectivity index is 1.79. The maximum Gasteiger partial charge on any atom is 0.266 e. The molecule has 1 aliphatic heterocycles. The summed E-state index contributed by atoms with van der Waals surface area (Å²) >= 11 is 0. The van der Waals surface area contributed by atoms with Gasteiger partial charge in [-0.3, -0.25) is 14.4 Å². The highest BCUT2D eigenvalue weighted by molar-refractivity contribution is 6.35. The van der Waals surface area contributed by atoms with E-state index in [2.05, 4.69) is 0 Å². The van der Waals surface area contributed by atoms with E-state index < -0.39 is 17.7 Å². The van der Waals surface area contributed by atoms with Crippen molar-refractivity contribution in [2.75, 3.05) is 29.7 Å². The number of methoxy groups -OCH3 is 1. The van der Waals surface area contributed by atoms with Crippen molar-refractivity contribution >= 4 is 34.8 Å². The lowest BCUT2D eigenvalue weighted by Crippen LogP contribution is -2.33.